The number of rotatable bonds is 4. The molecule has 34 heavy (non-hydrogen) atoms. The number of pyridine rings is 1. The largest absolute Gasteiger partial charge is 0.294 e. The topological polar surface area (TPSA) is 127 Å². The number of nitro groups is 1. The van der Waals surface area contributed by atoms with Crippen molar-refractivity contribution in [3.63, 3.8) is 0 Å². The molecule has 0 saturated carbocycles. The predicted octanol–water partition coefficient (Wildman–Crippen LogP) is 3.88. The maximum atomic E-state index is 13.8. The van der Waals surface area contributed by atoms with Gasteiger partial charge in [0.05, 0.1) is 5.41 Å². The van der Waals surface area contributed by atoms with Crippen LogP contribution in [-0.4, -0.2) is 31.0 Å². The van der Waals surface area contributed by atoms with Crippen molar-refractivity contribution in [2.24, 2.45) is 5.41 Å². The van der Waals surface area contributed by atoms with Gasteiger partial charge in [0.1, 0.15) is 0 Å². The van der Waals surface area contributed by atoms with Crippen molar-refractivity contribution in [2.45, 2.75) is 24.8 Å². The number of H-pyrrole nitrogens is 1. The number of aromatic nitrogens is 4. The van der Waals surface area contributed by atoms with Crippen LogP contribution >= 0.6 is 0 Å². The van der Waals surface area contributed by atoms with Crippen molar-refractivity contribution >= 4 is 11.9 Å². The predicted molar refractivity (Wildman–Crippen MR) is 123 cm³/mol. The van der Waals surface area contributed by atoms with Gasteiger partial charge in [-0.15, -0.1) is 0 Å². The number of nitrogens with zero attached hydrogens (tertiary/aromatic N) is 4. The molecular weight excluding hydrogens is 432 g/mol. The summed E-state index contributed by atoms with van der Waals surface area (Å²) in [5, 5.41) is 22.5. The second kappa shape index (κ2) is 7.05. The molecule has 7 rings (SSSR count). The number of carbonyl (C=O) groups excluding carboxylic acids is 1. The minimum atomic E-state index is -1.50. The molecule has 9 heteroatoms. The van der Waals surface area contributed by atoms with Gasteiger partial charge in [-0.05, 0) is 30.2 Å². The third-order valence-electron chi connectivity index (χ3n) is 7.18. The number of amides is 1. The molecule has 1 amide bonds. The Bertz CT molecular complexity index is 1400. The highest BCUT2D eigenvalue weighted by Gasteiger charge is 2.67. The van der Waals surface area contributed by atoms with E-state index in [0.717, 1.165) is 16.7 Å². The Labute approximate surface area is 194 Å². The first-order valence-corrected chi connectivity index (χ1v) is 10.9. The van der Waals surface area contributed by atoms with Crippen molar-refractivity contribution in [1.29, 1.82) is 0 Å². The number of benzene rings is 2. The number of hydrogen-bond acceptors (Lipinski definition) is 6. The molecule has 0 fully saturated rings. The molecule has 0 saturated heterocycles. The SMILES string of the molecule is CC1(C(=O)Nc2nc(-c3ccncc3)n[nH]2)CC2([N+](=O)[O-])c3ccccc3C1c1ccccc12. The molecule has 2 heterocycles. The summed E-state index contributed by atoms with van der Waals surface area (Å²) in [6, 6.07) is 18.3. The maximum Gasteiger partial charge on any atom is 0.273 e. The minimum Gasteiger partial charge on any atom is -0.294 e. The minimum absolute atomic E-state index is 0.0445. The summed E-state index contributed by atoms with van der Waals surface area (Å²) in [5.41, 5.74) is 1.12. The van der Waals surface area contributed by atoms with E-state index in [1.54, 1.807) is 31.5 Å². The lowest BCUT2D eigenvalue weighted by Crippen LogP contribution is -2.57. The van der Waals surface area contributed by atoms with Gasteiger partial charge in [-0.1, -0.05) is 48.5 Å². The molecule has 2 N–H and O–H groups in total. The molecule has 168 valence electrons. The van der Waals surface area contributed by atoms with Crippen molar-refractivity contribution in [1.82, 2.24) is 20.2 Å². The molecule has 0 radical (unpaired) electrons. The highest BCUT2D eigenvalue weighted by molar-refractivity contribution is 5.96. The molecule has 2 bridgehead atoms. The first-order valence-electron chi connectivity index (χ1n) is 10.9. The smallest absolute Gasteiger partial charge is 0.273 e. The van der Waals surface area contributed by atoms with Gasteiger partial charge in [0, 0.05) is 46.3 Å². The first-order chi connectivity index (χ1) is 16.4. The third kappa shape index (κ3) is 2.60. The Morgan fingerprint density at radius 2 is 1.68 bits per heavy atom. The van der Waals surface area contributed by atoms with E-state index >= 15 is 0 Å². The van der Waals surface area contributed by atoms with Crippen LogP contribution in [0.25, 0.3) is 11.4 Å². The first kappa shape index (κ1) is 20.2. The number of fused-ring (bicyclic) bond motifs is 1. The highest BCUT2D eigenvalue weighted by atomic mass is 16.6. The number of nitrogens with one attached hydrogen (secondary N) is 2. The van der Waals surface area contributed by atoms with Gasteiger partial charge in [-0.3, -0.25) is 25.2 Å². The van der Waals surface area contributed by atoms with Crippen molar-refractivity contribution in [3.8, 4) is 11.4 Å². The summed E-state index contributed by atoms with van der Waals surface area (Å²) < 4.78 is 0. The summed E-state index contributed by atoms with van der Waals surface area (Å²) in [6.07, 6.45) is 3.31. The zero-order chi connectivity index (χ0) is 23.5. The van der Waals surface area contributed by atoms with Crippen LogP contribution in [0.1, 0.15) is 41.5 Å². The highest BCUT2D eigenvalue weighted by Crippen LogP contribution is 2.63. The van der Waals surface area contributed by atoms with E-state index in [2.05, 4.69) is 25.5 Å². The van der Waals surface area contributed by atoms with Gasteiger partial charge in [-0.2, -0.15) is 10.1 Å². The quantitative estimate of drug-likeness (QED) is 0.357. The van der Waals surface area contributed by atoms with Crippen LogP contribution in [0.4, 0.5) is 5.95 Å². The van der Waals surface area contributed by atoms with Crippen LogP contribution in [-0.2, 0) is 10.3 Å². The molecule has 1 unspecified atom stereocenters. The van der Waals surface area contributed by atoms with Crippen molar-refractivity contribution in [3.05, 3.63) is 105 Å². The average molecular weight is 452 g/mol. The van der Waals surface area contributed by atoms with Crippen LogP contribution in [0.3, 0.4) is 0 Å². The van der Waals surface area contributed by atoms with E-state index in [1.807, 2.05) is 48.5 Å². The number of hydrogen-bond donors (Lipinski definition) is 2. The third-order valence-corrected chi connectivity index (χ3v) is 7.18. The standard InChI is InChI=1S/C25H20N6O3/c1-24(22(32)28-23-27-21(29-30-23)15-10-12-26-13-11-15)14-25(31(33)34)18-8-4-2-6-16(18)20(24)17-7-3-5-9-19(17)25/h2-13,20H,14H2,1H3,(H2,27,28,29,30,32). The van der Waals surface area contributed by atoms with E-state index < -0.39 is 11.0 Å². The fourth-order valence-electron chi connectivity index (χ4n) is 5.74. The number of anilines is 1. The Morgan fingerprint density at radius 3 is 2.29 bits per heavy atom. The molecule has 0 spiro atoms. The normalized spacial score (nSPS) is 24.2. The fourth-order valence-corrected chi connectivity index (χ4v) is 5.74. The zero-order valence-electron chi connectivity index (χ0n) is 18.2. The summed E-state index contributed by atoms with van der Waals surface area (Å²) >= 11 is 0. The maximum absolute atomic E-state index is 13.8. The molecule has 3 aliphatic rings. The van der Waals surface area contributed by atoms with Gasteiger partial charge in [-0.25, -0.2) is 5.10 Å². The Kier molecular flexibility index (Phi) is 4.19. The Hall–Kier alpha value is -4.40. The monoisotopic (exact) mass is 452 g/mol. The Balaban J connectivity index is 1.44. The van der Waals surface area contributed by atoms with Crippen molar-refractivity contribution in [2.75, 3.05) is 5.32 Å². The molecule has 0 aliphatic heterocycles. The van der Waals surface area contributed by atoms with Gasteiger partial charge in [0.25, 0.3) is 5.54 Å². The number of carbonyl (C=O) groups is 1. The molecule has 2 aromatic heterocycles. The zero-order valence-corrected chi connectivity index (χ0v) is 18.2. The second-order valence-electron chi connectivity index (χ2n) is 9.02. The average Bonchev–Trinajstić information content (AvgIpc) is 3.33. The molecule has 2 aromatic carbocycles. The van der Waals surface area contributed by atoms with Crippen LogP contribution in [0.5, 0.6) is 0 Å². The lowest BCUT2D eigenvalue weighted by atomic mass is 9.49. The van der Waals surface area contributed by atoms with Crippen LogP contribution in [0.15, 0.2) is 73.1 Å². The van der Waals surface area contributed by atoms with Gasteiger partial charge in [0.15, 0.2) is 5.82 Å². The lowest BCUT2D eigenvalue weighted by molar-refractivity contribution is -0.573. The summed E-state index contributed by atoms with van der Waals surface area (Å²) in [6.45, 7) is 1.80. The van der Waals surface area contributed by atoms with Crippen LogP contribution in [0.2, 0.25) is 0 Å². The van der Waals surface area contributed by atoms with E-state index in [9.17, 15) is 14.9 Å². The van der Waals surface area contributed by atoms with Gasteiger partial charge >= 0.3 is 0 Å². The van der Waals surface area contributed by atoms with Crippen LogP contribution < -0.4 is 5.32 Å². The van der Waals surface area contributed by atoms with Crippen molar-refractivity contribution < 1.29 is 9.72 Å². The van der Waals surface area contributed by atoms with E-state index in [0.29, 0.717) is 17.0 Å². The molecule has 3 aliphatic carbocycles. The van der Waals surface area contributed by atoms with E-state index in [1.165, 1.54) is 0 Å². The lowest BCUT2D eigenvalue weighted by Gasteiger charge is -2.52. The molecule has 1 atom stereocenters. The summed E-state index contributed by atoms with van der Waals surface area (Å²) in [5.74, 6) is -0.0591. The van der Waals surface area contributed by atoms with Crippen LogP contribution in [0, 0.1) is 15.5 Å². The molecule has 9 nitrogen and oxygen atoms in total. The molecular formula is C25H20N6O3. The summed E-state index contributed by atoms with van der Waals surface area (Å²) in [7, 11) is 0. The van der Waals surface area contributed by atoms with E-state index in [4.69, 9.17) is 0 Å². The second-order valence-corrected chi connectivity index (χ2v) is 9.02. The summed E-state index contributed by atoms with van der Waals surface area (Å²) in [4.78, 5) is 34.6. The van der Waals surface area contributed by atoms with Gasteiger partial charge < -0.3 is 0 Å². The fraction of sp³-hybridized carbons (Fsp3) is 0.200. The van der Waals surface area contributed by atoms with Gasteiger partial charge in [0.2, 0.25) is 11.9 Å². The van der Waals surface area contributed by atoms with E-state index in [-0.39, 0.29) is 29.1 Å². The Morgan fingerprint density at radius 1 is 1.06 bits per heavy atom. The number of aromatic amines is 1. The molecule has 4 aromatic rings.